The van der Waals surface area contributed by atoms with E-state index in [1.807, 2.05) is 0 Å². The van der Waals surface area contributed by atoms with Gasteiger partial charge in [-0.2, -0.15) is 8.78 Å². The number of likely N-dealkylation sites (N-methyl/N-ethyl adjacent to an activating group) is 1. The van der Waals surface area contributed by atoms with Gasteiger partial charge in [-0.1, -0.05) is 11.6 Å². The molecular weight excluding hydrogens is 322 g/mol. The quantitative estimate of drug-likeness (QED) is 0.761. The normalized spacial score (nSPS) is 10.8. The van der Waals surface area contributed by atoms with Crippen molar-refractivity contribution in [3.63, 3.8) is 0 Å². The monoisotopic (exact) mass is 336 g/mol. The van der Waals surface area contributed by atoms with Crippen LogP contribution in [0.1, 0.15) is 6.42 Å². The molecule has 0 heterocycles. The van der Waals surface area contributed by atoms with Crippen LogP contribution in [-0.4, -0.2) is 48.6 Å². The molecule has 0 spiro atoms. The second-order valence-electron chi connectivity index (χ2n) is 4.45. The minimum absolute atomic E-state index is 0.0137. The van der Waals surface area contributed by atoms with Crippen LogP contribution >= 0.6 is 11.6 Å². The molecule has 1 amide bonds. The summed E-state index contributed by atoms with van der Waals surface area (Å²) >= 11 is 5.76. The van der Waals surface area contributed by atoms with Crippen LogP contribution in [0.5, 0.6) is 5.75 Å². The number of carboxylic acids is 1. The summed E-state index contributed by atoms with van der Waals surface area (Å²) < 4.78 is 28.4. The van der Waals surface area contributed by atoms with Gasteiger partial charge in [-0.05, 0) is 25.2 Å². The van der Waals surface area contributed by atoms with Gasteiger partial charge in [0.15, 0.2) is 0 Å². The van der Waals surface area contributed by atoms with Crippen molar-refractivity contribution >= 4 is 29.2 Å². The summed E-state index contributed by atoms with van der Waals surface area (Å²) in [6.07, 6.45) is -0.0741. The number of carbonyl (C=O) groups excluding carboxylic acids is 1. The van der Waals surface area contributed by atoms with E-state index >= 15 is 0 Å². The van der Waals surface area contributed by atoms with Crippen LogP contribution < -0.4 is 10.1 Å². The van der Waals surface area contributed by atoms with Crippen LogP contribution in [-0.2, 0) is 9.59 Å². The lowest BCUT2D eigenvalue weighted by molar-refractivity contribution is -0.137. The van der Waals surface area contributed by atoms with Crippen molar-refractivity contribution < 1.29 is 28.2 Å². The van der Waals surface area contributed by atoms with Gasteiger partial charge < -0.3 is 15.2 Å². The number of amides is 1. The topological polar surface area (TPSA) is 78.9 Å². The largest absolute Gasteiger partial charge is 0.481 e. The molecule has 6 nitrogen and oxygen atoms in total. The first kappa shape index (κ1) is 18.1. The van der Waals surface area contributed by atoms with Gasteiger partial charge in [0.05, 0.1) is 18.0 Å². The predicted molar refractivity (Wildman–Crippen MR) is 76.5 cm³/mol. The van der Waals surface area contributed by atoms with Crippen LogP contribution in [0.4, 0.5) is 14.5 Å². The van der Waals surface area contributed by atoms with Crippen LogP contribution in [0.3, 0.4) is 0 Å². The summed E-state index contributed by atoms with van der Waals surface area (Å²) in [6.45, 7) is -2.77. The van der Waals surface area contributed by atoms with Gasteiger partial charge in [0, 0.05) is 12.2 Å². The van der Waals surface area contributed by atoms with E-state index in [0.29, 0.717) is 5.69 Å². The number of hydrogen-bond donors (Lipinski definition) is 2. The molecule has 0 aliphatic carbocycles. The lowest BCUT2D eigenvalue weighted by Crippen LogP contribution is -2.31. The fourth-order valence-electron chi connectivity index (χ4n) is 1.58. The third-order valence-corrected chi connectivity index (χ3v) is 2.85. The van der Waals surface area contributed by atoms with Crippen molar-refractivity contribution in [1.82, 2.24) is 4.90 Å². The zero-order chi connectivity index (χ0) is 16.7. The van der Waals surface area contributed by atoms with E-state index in [2.05, 4.69) is 10.1 Å². The van der Waals surface area contributed by atoms with Crippen LogP contribution in [0.15, 0.2) is 18.2 Å². The van der Waals surface area contributed by atoms with Gasteiger partial charge in [-0.3, -0.25) is 14.5 Å². The van der Waals surface area contributed by atoms with E-state index in [1.165, 1.54) is 18.2 Å². The van der Waals surface area contributed by atoms with Gasteiger partial charge in [-0.25, -0.2) is 0 Å². The van der Waals surface area contributed by atoms with E-state index < -0.39 is 12.6 Å². The number of carboxylic acid groups (broad SMARTS) is 1. The molecule has 22 heavy (non-hydrogen) atoms. The Labute approximate surface area is 130 Å². The Bertz CT molecular complexity index is 543. The average molecular weight is 337 g/mol. The molecule has 9 heteroatoms. The molecule has 0 aliphatic heterocycles. The molecule has 0 saturated carbocycles. The van der Waals surface area contributed by atoms with Crippen LogP contribution in [0.2, 0.25) is 5.02 Å². The highest BCUT2D eigenvalue weighted by Gasteiger charge is 2.12. The van der Waals surface area contributed by atoms with Gasteiger partial charge in [0.2, 0.25) is 5.91 Å². The molecular formula is C13H15ClF2N2O4. The third-order valence-electron chi connectivity index (χ3n) is 2.55. The van der Waals surface area contributed by atoms with E-state index in [0.717, 1.165) is 0 Å². The first-order chi connectivity index (χ1) is 10.3. The van der Waals surface area contributed by atoms with Crippen molar-refractivity contribution in [1.29, 1.82) is 0 Å². The molecule has 0 saturated heterocycles. The molecule has 0 aromatic heterocycles. The molecule has 0 atom stereocenters. The Morgan fingerprint density at radius 2 is 2.14 bits per heavy atom. The Kier molecular flexibility index (Phi) is 7.00. The SMILES string of the molecule is CN(CCC(=O)O)CC(=O)Nc1ccc(OC(F)F)c(Cl)c1. The molecule has 1 aromatic carbocycles. The zero-order valence-corrected chi connectivity index (χ0v) is 12.4. The van der Waals surface area contributed by atoms with Crippen molar-refractivity contribution in [2.75, 3.05) is 25.5 Å². The summed E-state index contributed by atoms with van der Waals surface area (Å²) in [6, 6.07) is 3.88. The van der Waals surface area contributed by atoms with E-state index in [-0.39, 0.29) is 36.2 Å². The number of alkyl halides is 2. The second-order valence-corrected chi connectivity index (χ2v) is 4.86. The number of ether oxygens (including phenoxy) is 1. The van der Waals surface area contributed by atoms with Crippen molar-refractivity contribution in [3.8, 4) is 5.75 Å². The number of halogens is 3. The summed E-state index contributed by atoms with van der Waals surface area (Å²) in [7, 11) is 1.61. The average Bonchev–Trinajstić information content (AvgIpc) is 2.39. The third kappa shape index (κ3) is 6.68. The molecule has 2 N–H and O–H groups in total. The number of rotatable bonds is 8. The first-order valence-corrected chi connectivity index (χ1v) is 6.60. The number of carbonyl (C=O) groups is 2. The molecule has 122 valence electrons. The van der Waals surface area contributed by atoms with Crippen molar-refractivity contribution in [3.05, 3.63) is 23.2 Å². The molecule has 0 bridgehead atoms. The van der Waals surface area contributed by atoms with Gasteiger partial charge in [0.25, 0.3) is 0 Å². The standard InChI is InChI=1S/C13H15ClF2N2O4/c1-18(5-4-12(20)21)7-11(19)17-8-2-3-10(9(14)6-8)22-13(15)16/h2-3,6,13H,4-5,7H2,1H3,(H,17,19)(H,20,21). The number of hydrogen-bond acceptors (Lipinski definition) is 4. The minimum Gasteiger partial charge on any atom is -0.481 e. The fourth-order valence-corrected chi connectivity index (χ4v) is 1.81. The summed E-state index contributed by atoms with van der Waals surface area (Å²) in [4.78, 5) is 23.7. The zero-order valence-electron chi connectivity index (χ0n) is 11.7. The van der Waals surface area contributed by atoms with Gasteiger partial charge in [0.1, 0.15) is 5.75 Å². The number of nitrogens with zero attached hydrogens (tertiary/aromatic N) is 1. The van der Waals surface area contributed by atoms with Crippen molar-refractivity contribution in [2.24, 2.45) is 0 Å². The highest BCUT2D eigenvalue weighted by Crippen LogP contribution is 2.28. The summed E-state index contributed by atoms with van der Waals surface area (Å²) in [5.41, 5.74) is 0.322. The molecule has 1 aromatic rings. The number of anilines is 1. The van der Waals surface area contributed by atoms with E-state index in [9.17, 15) is 18.4 Å². The Balaban J connectivity index is 2.54. The highest BCUT2D eigenvalue weighted by atomic mass is 35.5. The highest BCUT2D eigenvalue weighted by molar-refractivity contribution is 6.32. The number of nitrogens with one attached hydrogen (secondary N) is 1. The van der Waals surface area contributed by atoms with E-state index in [4.69, 9.17) is 16.7 Å². The maximum atomic E-state index is 12.1. The van der Waals surface area contributed by atoms with Gasteiger partial charge >= 0.3 is 12.6 Å². The maximum Gasteiger partial charge on any atom is 0.387 e. The Hall–Kier alpha value is -1.93. The Morgan fingerprint density at radius 1 is 1.45 bits per heavy atom. The molecule has 0 fully saturated rings. The lowest BCUT2D eigenvalue weighted by atomic mass is 10.3. The fraction of sp³-hybridized carbons (Fsp3) is 0.385. The predicted octanol–water partition coefficient (Wildman–Crippen LogP) is 2.29. The molecule has 0 unspecified atom stereocenters. The summed E-state index contributed by atoms with van der Waals surface area (Å²) in [5.74, 6) is -1.52. The molecule has 0 radical (unpaired) electrons. The van der Waals surface area contributed by atoms with Crippen molar-refractivity contribution in [2.45, 2.75) is 13.0 Å². The lowest BCUT2D eigenvalue weighted by Gasteiger charge is -2.15. The Morgan fingerprint density at radius 3 is 2.68 bits per heavy atom. The smallest absolute Gasteiger partial charge is 0.387 e. The van der Waals surface area contributed by atoms with Gasteiger partial charge in [-0.15, -0.1) is 0 Å². The number of aliphatic carboxylic acids is 1. The van der Waals surface area contributed by atoms with Crippen LogP contribution in [0.25, 0.3) is 0 Å². The molecule has 0 aliphatic rings. The first-order valence-electron chi connectivity index (χ1n) is 6.22. The number of benzene rings is 1. The van der Waals surface area contributed by atoms with E-state index in [1.54, 1.807) is 11.9 Å². The second kappa shape index (κ2) is 8.50. The minimum atomic E-state index is -2.99. The molecule has 1 rings (SSSR count). The summed E-state index contributed by atoms with van der Waals surface area (Å²) in [5, 5.41) is 11.0. The maximum absolute atomic E-state index is 12.1. The van der Waals surface area contributed by atoms with Crippen LogP contribution in [0, 0.1) is 0 Å².